The molecule has 1 aliphatic heterocycles. The first-order valence-electron chi connectivity index (χ1n) is 10.4. The summed E-state index contributed by atoms with van der Waals surface area (Å²) in [7, 11) is 0. The van der Waals surface area contributed by atoms with Crippen LogP contribution in [-0.4, -0.2) is 56.8 Å². The molecule has 3 aromatic rings. The van der Waals surface area contributed by atoms with E-state index in [0.29, 0.717) is 37.3 Å². The van der Waals surface area contributed by atoms with E-state index in [1.54, 1.807) is 17.5 Å². The molecule has 0 atom stereocenters. The molecule has 3 aromatic heterocycles. The average Bonchev–Trinajstić information content (AvgIpc) is 3.03. The van der Waals surface area contributed by atoms with Crippen molar-refractivity contribution in [1.29, 1.82) is 0 Å². The van der Waals surface area contributed by atoms with Crippen LogP contribution in [0.4, 0.5) is 0 Å². The number of fused-ring (bicyclic) bond motifs is 1. The minimum Gasteiger partial charge on any atom is -0.340 e. The molecule has 1 fully saturated rings. The van der Waals surface area contributed by atoms with Crippen molar-refractivity contribution in [2.75, 3.05) is 26.2 Å². The molecule has 0 saturated carbocycles. The highest BCUT2D eigenvalue weighted by Crippen LogP contribution is 2.25. The standard InChI is InChI=1S/C22H27N5O2S/c1-15-16(2)30-22-20(15)21(29)24-18(25-22)14-26-10-12-27(13-11-26)19(28)8-5-7-17-6-3-4-9-23-17/h3-4,6,9H,5,7-8,10-14H2,1-2H3,(H,24,25,29). The summed E-state index contributed by atoms with van der Waals surface area (Å²) in [4.78, 5) is 43.0. The first-order valence-corrected chi connectivity index (χ1v) is 11.2. The van der Waals surface area contributed by atoms with Crippen molar-refractivity contribution in [3.05, 3.63) is 56.7 Å². The lowest BCUT2D eigenvalue weighted by Crippen LogP contribution is -2.48. The molecule has 8 heteroatoms. The second-order valence-corrected chi connectivity index (χ2v) is 9.01. The second kappa shape index (κ2) is 9.06. The Kier molecular flexibility index (Phi) is 6.24. The third-order valence-electron chi connectivity index (χ3n) is 5.74. The lowest BCUT2D eigenvalue weighted by molar-refractivity contribution is -0.133. The lowest BCUT2D eigenvalue weighted by atomic mass is 10.1. The van der Waals surface area contributed by atoms with Crippen molar-refractivity contribution >= 4 is 27.5 Å². The average molecular weight is 426 g/mol. The van der Waals surface area contributed by atoms with Crippen molar-refractivity contribution in [1.82, 2.24) is 24.8 Å². The molecule has 0 aliphatic carbocycles. The molecular weight excluding hydrogens is 398 g/mol. The Morgan fingerprint density at radius 1 is 1.20 bits per heavy atom. The number of amides is 1. The number of aryl methyl sites for hydroxylation is 3. The van der Waals surface area contributed by atoms with Gasteiger partial charge >= 0.3 is 0 Å². The second-order valence-electron chi connectivity index (χ2n) is 7.81. The number of nitrogens with one attached hydrogen (secondary N) is 1. The number of piperazine rings is 1. The van der Waals surface area contributed by atoms with E-state index in [9.17, 15) is 9.59 Å². The monoisotopic (exact) mass is 425 g/mol. The van der Waals surface area contributed by atoms with Crippen LogP contribution in [0.2, 0.25) is 0 Å². The smallest absolute Gasteiger partial charge is 0.259 e. The first-order chi connectivity index (χ1) is 14.5. The van der Waals surface area contributed by atoms with Gasteiger partial charge in [-0.3, -0.25) is 19.5 Å². The molecule has 4 heterocycles. The number of hydrogen-bond acceptors (Lipinski definition) is 6. The van der Waals surface area contributed by atoms with Crippen LogP contribution >= 0.6 is 11.3 Å². The summed E-state index contributed by atoms with van der Waals surface area (Å²) < 4.78 is 0. The number of thiophene rings is 1. The van der Waals surface area contributed by atoms with Crippen molar-refractivity contribution < 1.29 is 4.79 Å². The fourth-order valence-corrected chi connectivity index (χ4v) is 4.92. The van der Waals surface area contributed by atoms with Crippen LogP contribution in [0.3, 0.4) is 0 Å². The Bertz CT molecular complexity index is 1080. The zero-order valence-corrected chi connectivity index (χ0v) is 18.3. The largest absolute Gasteiger partial charge is 0.340 e. The number of carbonyl (C=O) groups is 1. The third kappa shape index (κ3) is 4.60. The number of nitrogens with zero attached hydrogens (tertiary/aromatic N) is 4. The molecule has 30 heavy (non-hydrogen) atoms. The van der Waals surface area contributed by atoms with Crippen molar-refractivity contribution in [2.45, 2.75) is 39.7 Å². The van der Waals surface area contributed by atoms with Crippen molar-refractivity contribution in [2.24, 2.45) is 0 Å². The van der Waals surface area contributed by atoms with Gasteiger partial charge in [-0.2, -0.15) is 0 Å². The SMILES string of the molecule is Cc1sc2nc(CN3CCN(C(=O)CCCc4ccccn4)CC3)[nH]c(=O)c2c1C. The highest BCUT2D eigenvalue weighted by Gasteiger charge is 2.22. The maximum Gasteiger partial charge on any atom is 0.259 e. The number of aromatic nitrogens is 3. The van der Waals surface area contributed by atoms with Crippen LogP contribution in [0.25, 0.3) is 10.2 Å². The van der Waals surface area contributed by atoms with Crippen LogP contribution in [0.1, 0.15) is 34.8 Å². The minimum absolute atomic E-state index is 0.0569. The molecular formula is C22H27N5O2S. The predicted molar refractivity (Wildman–Crippen MR) is 119 cm³/mol. The summed E-state index contributed by atoms with van der Waals surface area (Å²) in [6, 6.07) is 5.88. The Balaban J connectivity index is 1.28. The van der Waals surface area contributed by atoms with Gasteiger partial charge in [-0.1, -0.05) is 6.07 Å². The molecule has 0 bridgehead atoms. The zero-order valence-electron chi connectivity index (χ0n) is 17.5. The molecule has 0 spiro atoms. The maximum absolute atomic E-state index is 12.5. The molecule has 0 unspecified atom stereocenters. The minimum atomic E-state index is -0.0569. The Morgan fingerprint density at radius 3 is 2.73 bits per heavy atom. The van der Waals surface area contributed by atoms with Crippen LogP contribution in [0.15, 0.2) is 29.2 Å². The van der Waals surface area contributed by atoms with E-state index in [1.165, 1.54) is 0 Å². The number of hydrogen-bond donors (Lipinski definition) is 1. The van der Waals surface area contributed by atoms with Gasteiger partial charge in [0.15, 0.2) is 0 Å². The topological polar surface area (TPSA) is 82.2 Å². The maximum atomic E-state index is 12.5. The summed E-state index contributed by atoms with van der Waals surface area (Å²) in [6.45, 7) is 7.60. The van der Waals surface area contributed by atoms with Gasteiger partial charge in [0.2, 0.25) is 5.91 Å². The highest BCUT2D eigenvalue weighted by atomic mass is 32.1. The molecule has 1 aliphatic rings. The Labute approximate surface area is 179 Å². The van der Waals surface area contributed by atoms with E-state index < -0.39 is 0 Å². The van der Waals surface area contributed by atoms with Gasteiger partial charge in [0.25, 0.3) is 5.56 Å². The molecule has 7 nitrogen and oxygen atoms in total. The lowest BCUT2D eigenvalue weighted by Gasteiger charge is -2.34. The Morgan fingerprint density at radius 2 is 2.00 bits per heavy atom. The van der Waals surface area contributed by atoms with Gasteiger partial charge < -0.3 is 9.88 Å². The van der Waals surface area contributed by atoms with Crippen molar-refractivity contribution in [3.63, 3.8) is 0 Å². The zero-order chi connectivity index (χ0) is 21.1. The molecule has 158 valence electrons. The van der Waals surface area contributed by atoms with Gasteiger partial charge in [-0.05, 0) is 44.4 Å². The number of rotatable bonds is 6. The van der Waals surface area contributed by atoms with Gasteiger partial charge in [0, 0.05) is 49.4 Å². The van der Waals surface area contributed by atoms with Crippen molar-refractivity contribution in [3.8, 4) is 0 Å². The molecule has 0 aromatic carbocycles. The van der Waals surface area contributed by atoms with Gasteiger partial charge in [-0.15, -0.1) is 11.3 Å². The number of H-pyrrole nitrogens is 1. The van der Waals surface area contributed by atoms with E-state index in [1.807, 2.05) is 36.9 Å². The Hall–Kier alpha value is -2.58. The van der Waals surface area contributed by atoms with Gasteiger partial charge in [0.05, 0.1) is 11.9 Å². The number of carbonyl (C=O) groups excluding carboxylic acids is 1. The summed E-state index contributed by atoms with van der Waals surface area (Å²) in [5.74, 6) is 0.909. The highest BCUT2D eigenvalue weighted by molar-refractivity contribution is 7.18. The summed E-state index contributed by atoms with van der Waals surface area (Å²) in [5.41, 5.74) is 1.99. The van der Waals surface area contributed by atoms with Crippen LogP contribution in [0, 0.1) is 13.8 Å². The summed E-state index contributed by atoms with van der Waals surface area (Å²) in [6.07, 6.45) is 3.99. The quantitative estimate of drug-likeness (QED) is 0.657. The van der Waals surface area contributed by atoms with Crippen LogP contribution < -0.4 is 5.56 Å². The summed E-state index contributed by atoms with van der Waals surface area (Å²) >= 11 is 1.57. The van der Waals surface area contributed by atoms with E-state index in [0.717, 1.165) is 46.9 Å². The molecule has 1 N–H and O–H groups in total. The predicted octanol–water partition coefficient (Wildman–Crippen LogP) is 2.66. The van der Waals surface area contributed by atoms with Crippen LogP contribution in [-0.2, 0) is 17.8 Å². The fraction of sp³-hybridized carbons (Fsp3) is 0.455. The van der Waals surface area contributed by atoms with Gasteiger partial charge in [0.1, 0.15) is 10.7 Å². The third-order valence-corrected chi connectivity index (χ3v) is 6.84. The number of aromatic amines is 1. The summed E-state index contributed by atoms with van der Waals surface area (Å²) in [5, 5.41) is 0.711. The molecule has 4 rings (SSSR count). The normalized spacial score (nSPS) is 15.1. The van der Waals surface area contributed by atoms with Crippen LogP contribution in [0.5, 0.6) is 0 Å². The molecule has 0 radical (unpaired) electrons. The van der Waals surface area contributed by atoms with E-state index >= 15 is 0 Å². The van der Waals surface area contributed by atoms with E-state index in [2.05, 4.69) is 19.9 Å². The van der Waals surface area contributed by atoms with Gasteiger partial charge in [-0.25, -0.2) is 4.98 Å². The fourth-order valence-electron chi connectivity index (χ4n) is 3.87. The number of pyridine rings is 1. The van der Waals surface area contributed by atoms with E-state index in [-0.39, 0.29) is 11.5 Å². The van der Waals surface area contributed by atoms with E-state index in [4.69, 9.17) is 0 Å². The first kappa shape index (κ1) is 20.7. The molecule has 1 amide bonds. The molecule has 1 saturated heterocycles.